The molecule has 4 heteroatoms. The maximum absolute atomic E-state index is 14.1. The van der Waals surface area contributed by atoms with E-state index in [2.05, 4.69) is 0 Å². The topological polar surface area (TPSA) is 34.1 Å². The summed E-state index contributed by atoms with van der Waals surface area (Å²) >= 11 is 0. The van der Waals surface area contributed by atoms with E-state index in [4.69, 9.17) is 0 Å². The number of hydrogen-bond donors (Lipinski definition) is 0. The average Bonchev–Trinajstić information content (AvgIpc) is 2.56. The summed E-state index contributed by atoms with van der Waals surface area (Å²) in [6.07, 6.45) is 0. The van der Waals surface area contributed by atoms with E-state index in [9.17, 15) is 9.13 Å². The van der Waals surface area contributed by atoms with Gasteiger partial charge >= 0.3 is 0 Å². The van der Waals surface area contributed by atoms with E-state index in [-0.39, 0.29) is 17.2 Å². The van der Waals surface area contributed by atoms with Crippen molar-refractivity contribution in [1.29, 1.82) is 0 Å². The van der Waals surface area contributed by atoms with E-state index in [1.54, 1.807) is 0 Å². The minimum Gasteiger partial charge on any atom is -0.323 e. The van der Waals surface area contributed by atoms with Crippen LogP contribution in [0.15, 0.2) is 60.7 Å². The molecule has 0 aliphatic heterocycles. The number of rotatable bonds is 6. The highest BCUT2D eigenvalue weighted by molar-refractivity contribution is 7.89. The molecular weight excluding hydrogens is 322 g/mol. The van der Waals surface area contributed by atoms with Crippen molar-refractivity contribution in [2.75, 3.05) is 5.90 Å². The van der Waals surface area contributed by atoms with Gasteiger partial charge in [-0.3, -0.25) is 0 Å². The van der Waals surface area contributed by atoms with Crippen molar-refractivity contribution >= 4 is 24.9 Å². The van der Waals surface area contributed by atoms with Crippen molar-refractivity contribution in [3.05, 3.63) is 60.7 Å². The molecule has 0 radical (unpaired) electrons. The maximum atomic E-state index is 14.1. The van der Waals surface area contributed by atoms with Crippen LogP contribution in [0, 0.1) is 0 Å². The average molecular weight is 348 g/mol. The van der Waals surface area contributed by atoms with Crippen molar-refractivity contribution in [2.24, 2.45) is 0 Å². The molecule has 2 aromatic carbocycles. The first-order valence-corrected chi connectivity index (χ1v) is 12.0. The van der Waals surface area contributed by atoms with Gasteiger partial charge in [0, 0.05) is 21.9 Å². The third-order valence-electron chi connectivity index (χ3n) is 4.51. The van der Waals surface area contributed by atoms with Crippen LogP contribution in [0.2, 0.25) is 0 Å². The molecule has 124 valence electrons. The van der Waals surface area contributed by atoms with Crippen LogP contribution in [0.1, 0.15) is 27.7 Å². The molecule has 0 aliphatic carbocycles. The van der Waals surface area contributed by atoms with Gasteiger partial charge in [0.05, 0.1) is 5.90 Å². The molecule has 0 unspecified atom stereocenters. The molecule has 0 spiro atoms. The van der Waals surface area contributed by atoms with Crippen molar-refractivity contribution in [1.82, 2.24) is 0 Å². The lowest BCUT2D eigenvalue weighted by Gasteiger charge is -2.31. The van der Waals surface area contributed by atoms with Gasteiger partial charge in [0.2, 0.25) is 0 Å². The van der Waals surface area contributed by atoms with E-state index in [0.717, 1.165) is 10.6 Å². The standard InChI is InChI=1S/C19H26O2P2/c1-16(2)22(20,17(3)4)15-23(21,18-11-7-5-8-12-18)19-13-9-6-10-14-19/h5-14,16-17H,15H2,1-4H3. The minimum atomic E-state index is -2.92. The van der Waals surface area contributed by atoms with Crippen LogP contribution < -0.4 is 10.6 Å². The summed E-state index contributed by atoms with van der Waals surface area (Å²) in [6, 6.07) is 19.1. The third-order valence-corrected chi connectivity index (χ3v) is 13.6. The molecule has 0 amide bonds. The fourth-order valence-corrected chi connectivity index (χ4v) is 12.1. The molecular formula is C19H26O2P2. The first-order valence-electron chi connectivity index (χ1n) is 8.09. The van der Waals surface area contributed by atoms with Crippen molar-refractivity contribution in [3.63, 3.8) is 0 Å². The molecule has 2 nitrogen and oxygen atoms in total. The number of hydrogen-bond acceptors (Lipinski definition) is 2. The summed E-state index contributed by atoms with van der Waals surface area (Å²) in [7, 11) is -5.50. The van der Waals surface area contributed by atoms with Crippen LogP contribution in [-0.2, 0) is 9.13 Å². The van der Waals surface area contributed by atoms with E-state index < -0.39 is 14.3 Å². The van der Waals surface area contributed by atoms with Gasteiger partial charge in [-0.2, -0.15) is 0 Å². The largest absolute Gasteiger partial charge is 0.323 e. The van der Waals surface area contributed by atoms with Crippen LogP contribution >= 0.6 is 14.3 Å². The van der Waals surface area contributed by atoms with E-state index in [1.165, 1.54) is 0 Å². The Kier molecular flexibility index (Phi) is 5.71. The Morgan fingerprint density at radius 1 is 0.696 bits per heavy atom. The summed E-state index contributed by atoms with van der Waals surface area (Å²) < 4.78 is 27.7. The predicted molar refractivity (Wildman–Crippen MR) is 103 cm³/mol. The second-order valence-electron chi connectivity index (χ2n) is 6.59. The maximum Gasteiger partial charge on any atom is 0.150 e. The SMILES string of the molecule is CC(C)P(=O)(CP(=O)(c1ccccc1)c1ccccc1)C(C)C. The van der Waals surface area contributed by atoms with E-state index in [0.29, 0.717) is 0 Å². The summed E-state index contributed by atoms with van der Waals surface area (Å²) in [5.74, 6) is 0.267. The minimum absolute atomic E-state index is 0.0308. The Hall–Kier alpha value is -1.10. The second kappa shape index (κ2) is 7.20. The molecule has 0 atom stereocenters. The summed E-state index contributed by atoms with van der Waals surface area (Å²) in [6.45, 7) is 7.95. The monoisotopic (exact) mass is 348 g/mol. The molecule has 0 N–H and O–H groups in total. The predicted octanol–water partition coefficient (Wildman–Crippen LogP) is 5.14. The Balaban J connectivity index is 2.61. The van der Waals surface area contributed by atoms with Gasteiger partial charge in [-0.25, -0.2) is 0 Å². The van der Waals surface area contributed by atoms with E-state index in [1.807, 2.05) is 88.4 Å². The molecule has 0 aliphatic rings. The fourth-order valence-electron chi connectivity index (χ4n) is 2.88. The quantitative estimate of drug-likeness (QED) is 0.678. The van der Waals surface area contributed by atoms with Crippen molar-refractivity contribution in [2.45, 2.75) is 39.0 Å². The molecule has 2 rings (SSSR count). The Morgan fingerprint density at radius 3 is 1.35 bits per heavy atom. The van der Waals surface area contributed by atoms with Gasteiger partial charge in [0.1, 0.15) is 14.3 Å². The molecule has 23 heavy (non-hydrogen) atoms. The van der Waals surface area contributed by atoms with Crippen molar-refractivity contribution < 1.29 is 9.13 Å². The smallest absolute Gasteiger partial charge is 0.150 e. The first-order chi connectivity index (χ1) is 10.8. The van der Waals surface area contributed by atoms with Gasteiger partial charge in [0.15, 0.2) is 0 Å². The van der Waals surface area contributed by atoms with E-state index >= 15 is 0 Å². The Morgan fingerprint density at radius 2 is 1.04 bits per heavy atom. The lowest BCUT2D eigenvalue weighted by atomic mass is 10.4. The highest BCUT2D eigenvalue weighted by Gasteiger charge is 2.40. The zero-order chi connectivity index (χ0) is 17.1. The normalized spacial score (nSPS) is 12.8. The highest BCUT2D eigenvalue weighted by Crippen LogP contribution is 2.65. The van der Waals surface area contributed by atoms with Gasteiger partial charge in [-0.1, -0.05) is 88.4 Å². The molecule has 2 aromatic rings. The lowest BCUT2D eigenvalue weighted by Crippen LogP contribution is -2.22. The Bertz CT molecular complexity index is 666. The first kappa shape index (κ1) is 18.2. The van der Waals surface area contributed by atoms with Crippen LogP contribution in [0.3, 0.4) is 0 Å². The highest BCUT2D eigenvalue weighted by atomic mass is 31.2. The lowest BCUT2D eigenvalue weighted by molar-refractivity contribution is 0.562. The van der Waals surface area contributed by atoms with Gasteiger partial charge < -0.3 is 9.13 Å². The third kappa shape index (κ3) is 3.70. The molecule has 0 bridgehead atoms. The van der Waals surface area contributed by atoms with Gasteiger partial charge in [0.25, 0.3) is 0 Å². The summed E-state index contributed by atoms with van der Waals surface area (Å²) in [5.41, 5.74) is 0.0616. The van der Waals surface area contributed by atoms with Crippen LogP contribution in [0.25, 0.3) is 0 Å². The van der Waals surface area contributed by atoms with Crippen LogP contribution in [0.4, 0.5) is 0 Å². The van der Waals surface area contributed by atoms with Crippen molar-refractivity contribution in [3.8, 4) is 0 Å². The molecule has 0 saturated heterocycles. The van der Waals surface area contributed by atoms with Gasteiger partial charge in [-0.05, 0) is 0 Å². The summed E-state index contributed by atoms with van der Waals surface area (Å²) in [5, 5.41) is 1.60. The molecule has 0 fully saturated rings. The molecule has 0 heterocycles. The fraction of sp³-hybridized carbons (Fsp3) is 0.368. The Labute approximate surface area is 140 Å². The zero-order valence-corrected chi connectivity index (χ0v) is 16.1. The van der Waals surface area contributed by atoms with Crippen LogP contribution in [0.5, 0.6) is 0 Å². The molecule has 0 saturated carbocycles. The molecule has 0 aromatic heterocycles. The summed E-state index contributed by atoms with van der Waals surface area (Å²) in [4.78, 5) is 0. The number of benzene rings is 2. The zero-order valence-electron chi connectivity index (χ0n) is 14.3. The van der Waals surface area contributed by atoms with Crippen LogP contribution in [-0.4, -0.2) is 17.2 Å². The van der Waals surface area contributed by atoms with Gasteiger partial charge in [-0.15, -0.1) is 0 Å². The second-order valence-corrected chi connectivity index (χ2v) is 14.0.